The van der Waals surface area contributed by atoms with E-state index in [0.717, 1.165) is 36.5 Å². The highest BCUT2D eigenvalue weighted by Crippen LogP contribution is 2.21. The van der Waals surface area contributed by atoms with Crippen molar-refractivity contribution in [2.45, 2.75) is 52.9 Å². The van der Waals surface area contributed by atoms with Crippen LogP contribution in [0.3, 0.4) is 0 Å². The molecule has 29 heavy (non-hydrogen) atoms. The van der Waals surface area contributed by atoms with E-state index in [1.165, 1.54) is 0 Å². The van der Waals surface area contributed by atoms with Gasteiger partial charge in [-0.15, -0.1) is 24.0 Å². The molecule has 0 aliphatic rings. The zero-order valence-corrected chi connectivity index (χ0v) is 20.2. The van der Waals surface area contributed by atoms with Gasteiger partial charge in [-0.3, -0.25) is 0 Å². The first-order chi connectivity index (χ1) is 13.5. The average molecular weight is 515 g/mol. The van der Waals surface area contributed by atoms with Gasteiger partial charge in [0, 0.05) is 13.2 Å². The van der Waals surface area contributed by atoms with Gasteiger partial charge in [0.25, 0.3) is 0 Å². The molecule has 1 atom stereocenters. The fourth-order valence-electron chi connectivity index (χ4n) is 2.75. The third kappa shape index (κ3) is 8.36. The molecule has 0 aliphatic carbocycles. The Balaban J connectivity index is 0.00000420. The smallest absolute Gasteiger partial charge is 0.191 e. The Bertz CT molecular complexity index is 759. The number of aliphatic hydroxyl groups is 1. The Labute approximate surface area is 191 Å². The van der Waals surface area contributed by atoms with E-state index in [-0.39, 0.29) is 30.5 Å². The van der Waals surface area contributed by atoms with E-state index >= 15 is 0 Å². The van der Waals surface area contributed by atoms with Crippen LogP contribution in [0.15, 0.2) is 45.8 Å². The lowest BCUT2D eigenvalue weighted by molar-refractivity contribution is 0.0378. The fraction of sp³-hybridized carbons (Fsp3) is 0.500. The minimum Gasteiger partial charge on any atom is -0.463 e. The molecule has 3 N–H and O–H groups in total. The second kappa shape index (κ2) is 12.9. The van der Waals surface area contributed by atoms with Gasteiger partial charge in [-0.05, 0) is 50.5 Å². The van der Waals surface area contributed by atoms with E-state index in [9.17, 15) is 5.11 Å². The Morgan fingerprint density at radius 1 is 1.14 bits per heavy atom. The Morgan fingerprint density at radius 2 is 1.86 bits per heavy atom. The second-order valence-electron chi connectivity index (χ2n) is 7.05. The fourth-order valence-corrected chi connectivity index (χ4v) is 2.75. The van der Waals surface area contributed by atoms with Gasteiger partial charge in [-0.2, -0.15) is 0 Å². The third-order valence-corrected chi connectivity index (χ3v) is 4.35. The minimum atomic E-state index is -1.13. The topological polar surface area (TPSA) is 79.0 Å². The van der Waals surface area contributed by atoms with E-state index in [4.69, 9.17) is 9.15 Å². The molecule has 0 amide bonds. The van der Waals surface area contributed by atoms with E-state index in [0.29, 0.717) is 24.9 Å². The van der Waals surface area contributed by atoms with Crippen LogP contribution in [-0.4, -0.2) is 30.8 Å². The highest BCUT2D eigenvalue weighted by molar-refractivity contribution is 14.0. The summed E-state index contributed by atoms with van der Waals surface area (Å²) in [6.07, 6.45) is 1.00. The maximum atomic E-state index is 10.7. The van der Waals surface area contributed by atoms with Gasteiger partial charge in [-0.25, -0.2) is 4.99 Å². The SMILES string of the molecule is CCCOCc1ccccc1CN=C(NCC)NCC(C)(O)c1ccc(C)o1.I. The number of aliphatic imine (C=N–C) groups is 1. The number of benzene rings is 1. The molecule has 0 fully saturated rings. The van der Waals surface area contributed by atoms with Crippen LogP contribution in [0, 0.1) is 6.92 Å². The Morgan fingerprint density at radius 3 is 2.48 bits per heavy atom. The predicted molar refractivity (Wildman–Crippen MR) is 128 cm³/mol. The van der Waals surface area contributed by atoms with Crippen LogP contribution in [0.5, 0.6) is 0 Å². The van der Waals surface area contributed by atoms with Gasteiger partial charge in [0.05, 0.1) is 19.7 Å². The van der Waals surface area contributed by atoms with Gasteiger partial charge in [-0.1, -0.05) is 31.2 Å². The summed E-state index contributed by atoms with van der Waals surface area (Å²) in [5.74, 6) is 1.96. The summed E-state index contributed by atoms with van der Waals surface area (Å²) in [6, 6.07) is 11.8. The van der Waals surface area contributed by atoms with Crippen molar-refractivity contribution in [3.05, 3.63) is 59.0 Å². The largest absolute Gasteiger partial charge is 0.463 e. The molecule has 0 saturated heterocycles. The van der Waals surface area contributed by atoms with Crippen molar-refractivity contribution in [2.24, 2.45) is 4.99 Å². The molecule has 1 aromatic heterocycles. The zero-order chi connectivity index (χ0) is 20.4. The van der Waals surface area contributed by atoms with Crippen molar-refractivity contribution in [2.75, 3.05) is 19.7 Å². The standard InChI is InChI=1S/C22H33N3O3.HI/c1-5-13-27-15-19-10-8-7-9-18(19)14-24-21(23-6-2)25-16-22(4,26)20-12-11-17(3)28-20;/h7-12,26H,5-6,13-16H2,1-4H3,(H2,23,24,25);1H. The zero-order valence-electron chi connectivity index (χ0n) is 17.8. The van der Waals surface area contributed by atoms with Gasteiger partial charge in [0.1, 0.15) is 17.1 Å². The van der Waals surface area contributed by atoms with Crippen molar-refractivity contribution in [1.29, 1.82) is 0 Å². The summed E-state index contributed by atoms with van der Waals surface area (Å²) in [4.78, 5) is 4.67. The molecule has 0 saturated carbocycles. The number of aryl methyl sites for hydroxylation is 1. The molecule has 2 rings (SSSR count). The van der Waals surface area contributed by atoms with Crippen LogP contribution in [0.2, 0.25) is 0 Å². The van der Waals surface area contributed by atoms with E-state index in [1.54, 1.807) is 13.0 Å². The molecule has 7 heteroatoms. The van der Waals surface area contributed by atoms with Crippen LogP contribution in [0.1, 0.15) is 49.8 Å². The number of furan rings is 1. The van der Waals surface area contributed by atoms with E-state index < -0.39 is 5.60 Å². The minimum absolute atomic E-state index is 0. The lowest BCUT2D eigenvalue weighted by atomic mass is 10.0. The first-order valence-electron chi connectivity index (χ1n) is 9.92. The molecule has 2 aromatic rings. The summed E-state index contributed by atoms with van der Waals surface area (Å²) in [6.45, 7) is 10.6. The van der Waals surface area contributed by atoms with E-state index in [1.807, 2.05) is 32.0 Å². The number of halogens is 1. The summed E-state index contributed by atoms with van der Waals surface area (Å²) >= 11 is 0. The van der Waals surface area contributed by atoms with Gasteiger partial charge < -0.3 is 24.9 Å². The number of hydrogen-bond donors (Lipinski definition) is 3. The summed E-state index contributed by atoms with van der Waals surface area (Å²) in [5, 5.41) is 17.1. The summed E-state index contributed by atoms with van der Waals surface area (Å²) in [5.41, 5.74) is 1.15. The molecule has 0 spiro atoms. The maximum absolute atomic E-state index is 10.7. The molecular weight excluding hydrogens is 481 g/mol. The summed E-state index contributed by atoms with van der Waals surface area (Å²) < 4.78 is 11.3. The van der Waals surface area contributed by atoms with Crippen LogP contribution in [-0.2, 0) is 23.5 Å². The predicted octanol–water partition coefficient (Wildman–Crippen LogP) is 4.10. The molecule has 0 aliphatic heterocycles. The number of nitrogens with one attached hydrogen (secondary N) is 2. The van der Waals surface area contributed by atoms with Crippen molar-refractivity contribution in [1.82, 2.24) is 10.6 Å². The molecule has 6 nitrogen and oxygen atoms in total. The van der Waals surface area contributed by atoms with Crippen LogP contribution >= 0.6 is 24.0 Å². The number of ether oxygens (including phenoxy) is 1. The molecule has 0 bridgehead atoms. The van der Waals surface area contributed by atoms with Crippen molar-refractivity contribution >= 4 is 29.9 Å². The lowest BCUT2D eigenvalue weighted by Gasteiger charge is -2.23. The molecule has 1 aromatic carbocycles. The molecule has 1 unspecified atom stereocenters. The van der Waals surface area contributed by atoms with Gasteiger partial charge >= 0.3 is 0 Å². The number of nitrogens with zero attached hydrogens (tertiary/aromatic N) is 1. The van der Waals surface area contributed by atoms with Gasteiger partial charge in [0.2, 0.25) is 0 Å². The summed E-state index contributed by atoms with van der Waals surface area (Å²) in [7, 11) is 0. The average Bonchev–Trinajstić information content (AvgIpc) is 3.12. The first kappa shape index (κ1) is 25.5. The number of rotatable bonds is 10. The Kier molecular flexibility index (Phi) is 11.3. The van der Waals surface area contributed by atoms with E-state index in [2.05, 4.69) is 34.7 Å². The number of hydrogen-bond acceptors (Lipinski definition) is 4. The van der Waals surface area contributed by atoms with Crippen molar-refractivity contribution in [3.63, 3.8) is 0 Å². The highest BCUT2D eigenvalue weighted by Gasteiger charge is 2.27. The molecule has 162 valence electrons. The molecular formula is C22H34IN3O3. The van der Waals surface area contributed by atoms with Crippen LogP contribution in [0.4, 0.5) is 0 Å². The lowest BCUT2D eigenvalue weighted by Crippen LogP contribution is -2.44. The first-order valence-corrected chi connectivity index (χ1v) is 9.92. The molecule has 1 heterocycles. The second-order valence-corrected chi connectivity index (χ2v) is 7.05. The highest BCUT2D eigenvalue weighted by atomic mass is 127. The van der Waals surface area contributed by atoms with Gasteiger partial charge in [0.15, 0.2) is 5.96 Å². The Hall–Kier alpha value is -1.58. The van der Waals surface area contributed by atoms with Crippen LogP contribution < -0.4 is 10.6 Å². The quantitative estimate of drug-likeness (QED) is 0.192. The number of guanidine groups is 1. The normalized spacial score (nSPS) is 13.5. The monoisotopic (exact) mass is 515 g/mol. The molecule has 0 radical (unpaired) electrons. The third-order valence-electron chi connectivity index (χ3n) is 4.35. The maximum Gasteiger partial charge on any atom is 0.191 e. The van der Waals surface area contributed by atoms with Crippen molar-refractivity contribution in [3.8, 4) is 0 Å². The van der Waals surface area contributed by atoms with Crippen LogP contribution in [0.25, 0.3) is 0 Å². The van der Waals surface area contributed by atoms with Crippen molar-refractivity contribution < 1.29 is 14.3 Å².